The largest absolute Gasteiger partial charge is 0.394 e. The van der Waals surface area contributed by atoms with Crippen molar-refractivity contribution in [1.82, 2.24) is 5.32 Å². The topological polar surface area (TPSA) is 12.0 Å². The van der Waals surface area contributed by atoms with Crippen LogP contribution in [0.3, 0.4) is 0 Å². The molecule has 1 nitrogen and oxygen atoms in total. The zero-order valence-electron chi connectivity index (χ0n) is 19.5. The molecule has 2 atom stereocenters. The van der Waals surface area contributed by atoms with Crippen molar-refractivity contribution in [3.63, 3.8) is 0 Å². The van der Waals surface area contributed by atoms with E-state index in [1.807, 2.05) is 6.92 Å². The van der Waals surface area contributed by atoms with E-state index in [2.05, 4.69) is 81.7 Å². The minimum Gasteiger partial charge on any atom is -0.394 e. The van der Waals surface area contributed by atoms with Gasteiger partial charge in [0.25, 0.3) is 5.92 Å². The molecule has 1 radical (unpaired) electrons. The molecule has 3 rings (SSSR count). The maximum Gasteiger partial charge on any atom is 0.250 e. The van der Waals surface area contributed by atoms with Crippen molar-refractivity contribution in [1.29, 1.82) is 0 Å². The van der Waals surface area contributed by atoms with E-state index in [0.29, 0.717) is 11.6 Å². The van der Waals surface area contributed by atoms with E-state index in [0.717, 1.165) is 37.2 Å². The Morgan fingerprint density at radius 3 is 2.50 bits per heavy atom. The van der Waals surface area contributed by atoms with Gasteiger partial charge in [-0.2, -0.15) is 0 Å². The predicted molar refractivity (Wildman–Crippen MR) is 134 cm³/mol. The second-order valence-electron chi connectivity index (χ2n) is 9.26. The molecule has 2 aromatic carbocycles. The number of alkyl halides is 2. The molecule has 0 aromatic heterocycles. The van der Waals surface area contributed by atoms with Crippen LogP contribution in [0, 0.1) is 0 Å². The van der Waals surface area contributed by atoms with Crippen molar-refractivity contribution in [3.05, 3.63) is 95.7 Å². The summed E-state index contributed by atoms with van der Waals surface area (Å²) in [5.74, 6) is -2.41. The third kappa shape index (κ3) is 6.00. The minimum absolute atomic E-state index is 0.0160. The van der Waals surface area contributed by atoms with Crippen molar-refractivity contribution < 1.29 is 8.78 Å². The summed E-state index contributed by atoms with van der Waals surface area (Å²) in [6, 6.07) is 14.8. The molecule has 0 amide bonds. The van der Waals surface area contributed by atoms with Gasteiger partial charge < -0.3 is 5.32 Å². The van der Waals surface area contributed by atoms with Gasteiger partial charge in [0, 0.05) is 5.70 Å². The summed E-state index contributed by atoms with van der Waals surface area (Å²) in [4.78, 5) is 0. The number of benzene rings is 2. The second-order valence-corrected chi connectivity index (χ2v) is 9.26. The Balaban J connectivity index is 1.72. The van der Waals surface area contributed by atoms with Crippen LogP contribution in [0.25, 0.3) is 11.1 Å². The normalized spacial score (nSPS) is 16.5. The maximum absolute atomic E-state index is 13.3. The van der Waals surface area contributed by atoms with Gasteiger partial charge in [0.15, 0.2) is 0 Å². The monoisotopic (exact) mass is 432 g/mol. The van der Waals surface area contributed by atoms with Crippen LogP contribution in [0.15, 0.2) is 67.9 Å². The first kappa shape index (κ1) is 24.0. The van der Waals surface area contributed by atoms with Crippen LogP contribution in [0.2, 0.25) is 0 Å². The molecule has 1 aliphatic heterocycles. The van der Waals surface area contributed by atoms with Gasteiger partial charge in [-0.1, -0.05) is 81.0 Å². The lowest BCUT2D eigenvalue weighted by atomic mass is 9.57. The highest BCUT2D eigenvalue weighted by Crippen LogP contribution is 2.35. The predicted octanol–water partition coefficient (Wildman–Crippen LogP) is 7.16. The van der Waals surface area contributed by atoms with Crippen molar-refractivity contribution in [2.45, 2.75) is 64.1 Å². The Hall–Kier alpha value is -2.62. The lowest BCUT2D eigenvalue weighted by Gasteiger charge is -2.29. The third-order valence-electron chi connectivity index (χ3n) is 6.12. The SMILES string of the molecule is C=C(CC(C)(F)F)NC1[B]Cc2c(cccc2C(=C)CC(C)c2ccccc2C(=C)C)C1. The molecule has 0 saturated carbocycles. The van der Waals surface area contributed by atoms with Crippen molar-refractivity contribution in [3.8, 4) is 0 Å². The first-order valence-electron chi connectivity index (χ1n) is 11.2. The Morgan fingerprint density at radius 2 is 1.81 bits per heavy atom. The number of fused-ring (bicyclic) bond motifs is 1. The molecule has 0 bridgehead atoms. The highest BCUT2D eigenvalue weighted by Gasteiger charge is 2.26. The molecule has 0 saturated heterocycles. The van der Waals surface area contributed by atoms with Crippen LogP contribution in [0.4, 0.5) is 8.78 Å². The molecule has 1 N–H and O–H groups in total. The Labute approximate surface area is 192 Å². The number of hydrogen-bond donors (Lipinski definition) is 1. The summed E-state index contributed by atoms with van der Waals surface area (Å²) in [7, 11) is 2.16. The van der Waals surface area contributed by atoms with Crippen molar-refractivity contribution in [2.24, 2.45) is 0 Å². The van der Waals surface area contributed by atoms with Gasteiger partial charge >= 0.3 is 0 Å². The van der Waals surface area contributed by atoms with E-state index >= 15 is 0 Å². The molecule has 0 spiro atoms. The number of halogens is 2. The molecule has 0 fully saturated rings. The Bertz CT molecular complexity index is 1020. The van der Waals surface area contributed by atoms with Crippen LogP contribution in [0.5, 0.6) is 0 Å². The maximum atomic E-state index is 13.3. The average molecular weight is 432 g/mol. The van der Waals surface area contributed by atoms with Gasteiger partial charge in [0.1, 0.15) is 7.28 Å². The fraction of sp³-hybridized carbons (Fsp3) is 0.357. The van der Waals surface area contributed by atoms with E-state index in [-0.39, 0.29) is 12.4 Å². The summed E-state index contributed by atoms with van der Waals surface area (Å²) in [6.45, 7) is 17.6. The van der Waals surface area contributed by atoms with E-state index in [1.165, 1.54) is 27.8 Å². The van der Waals surface area contributed by atoms with Crippen molar-refractivity contribution >= 4 is 18.4 Å². The fourth-order valence-electron chi connectivity index (χ4n) is 4.68. The summed E-state index contributed by atoms with van der Waals surface area (Å²) in [5.41, 5.74) is 8.84. The summed E-state index contributed by atoms with van der Waals surface area (Å²) < 4.78 is 26.6. The first-order valence-corrected chi connectivity index (χ1v) is 11.2. The van der Waals surface area contributed by atoms with Gasteiger partial charge in [0.2, 0.25) is 0 Å². The highest BCUT2D eigenvalue weighted by molar-refractivity contribution is 6.38. The molecule has 1 aliphatic rings. The van der Waals surface area contributed by atoms with Crippen LogP contribution < -0.4 is 5.32 Å². The number of nitrogens with one attached hydrogen (secondary N) is 1. The molecule has 32 heavy (non-hydrogen) atoms. The van der Waals surface area contributed by atoms with E-state index in [4.69, 9.17) is 0 Å². The third-order valence-corrected chi connectivity index (χ3v) is 6.12. The lowest BCUT2D eigenvalue weighted by Crippen LogP contribution is -2.41. The number of hydrogen-bond acceptors (Lipinski definition) is 1. The fourth-order valence-corrected chi connectivity index (χ4v) is 4.68. The molecule has 0 aliphatic carbocycles. The molecule has 167 valence electrons. The van der Waals surface area contributed by atoms with Crippen LogP contribution in [-0.4, -0.2) is 19.1 Å². The smallest absolute Gasteiger partial charge is 0.250 e. The quantitative estimate of drug-likeness (QED) is 0.415. The van der Waals surface area contributed by atoms with Crippen LogP contribution >= 0.6 is 0 Å². The number of rotatable bonds is 9. The minimum atomic E-state index is -2.75. The van der Waals surface area contributed by atoms with Crippen LogP contribution in [0.1, 0.15) is 67.3 Å². The second kappa shape index (κ2) is 9.89. The Kier molecular flexibility index (Phi) is 7.43. The van der Waals surface area contributed by atoms with Crippen molar-refractivity contribution in [2.75, 3.05) is 0 Å². The van der Waals surface area contributed by atoms with Gasteiger partial charge in [-0.3, -0.25) is 0 Å². The molecular weight excluding hydrogens is 399 g/mol. The van der Waals surface area contributed by atoms with Crippen LogP contribution in [-0.2, 0) is 12.7 Å². The summed E-state index contributed by atoms with van der Waals surface area (Å²) >= 11 is 0. The zero-order valence-corrected chi connectivity index (χ0v) is 19.5. The van der Waals surface area contributed by atoms with Gasteiger partial charge in [-0.15, -0.1) is 0 Å². The lowest BCUT2D eigenvalue weighted by molar-refractivity contribution is 0.0211. The standard InChI is InChI=1S/C28H33BF2N/c1-18(2)23-11-7-8-12-24(23)19(3)14-20(4)25-13-9-10-22-15-27(29-17-26(22)25)32-21(5)16-28(6,30)31/h7-13,19,27,32H,1,4-5,14-17H2,2-3,6H3. The Morgan fingerprint density at radius 1 is 1.12 bits per heavy atom. The molecule has 4 heteroatoms. The first-order chi connectivity index (χ1) is 15.0. The summed E-state index contributed by atoms with van der Waals surface area (Å²) in [5, 5.41) is 3.17. The van der Waals surface area contributed by atoms with Gasteiger partial charge in [0.05, 0.1) is 6.42 Å². The zero-order chi connectivity index (χ0) is 23.5. The molecule has 2 unspecified atom stereocenters. The molecule has 1 heterocycles. The van der Waals surface area contributed by atoms with Gasteiger partial charge in [-0.05, 0) is 71.9 Å². The average Bonchev–Trinajstić information content (AvgIpc) is 2.71. The number of allylic oxidation sites excluding steroid dienone is 3. The molecule has 2 aromatic rings. The van der Waals surface area contributed by atoms with Gasteiger partial charge in [-0.25, -0.2) is 8.78 Å². The van der Waals surface area contributed by atoms with E-state index in [9.17, 15) is 8.78 Å². The highest BCUT2D eigenvalue weighted by atomic mass is 19.3. The van der Waals surface area contributed by atoms with E-state index < -0.39 is 5.92 Å². The van der Waals surface area contributed by atoms with E-state index in [1.54, 1.807) is 0 Å². The summed E-state index contributed by atoms with van der Waals surface area (Å²) in [6.07, 6.45) is 2.07. The molecular formula is C28H33BF2N.